The smallest absolute Gasteiger partial charge is 0.240 e. The van der Waals surface area contributed by atoms with Gasteiger partial charge in [0.1, 0.15) is 4.99 Å². The summed E-state index contributed by atoms with van der Waals surface area (Å²) in [5, 5.41) is 0.246. The van der Waals surface area contributed by atoms with Crippen LogP contribution in [0.4, 0.5) is 0 Å². The van der Waals surface area contributed by atoms with Crippen molar-refractivity contribution in [2.24, 2.45) is 17.6 Å². The summed E-state index contributed by atoms with van der Waals surface area (Å²) < 4.78 is 27.0. The number of rotatable bonds is 6. The van der Waals surface area contributed by atoms with Gasteiger partial charge in [0.25, 0.3) is 0 Å². The second kappa shape index (κ2) is 5.97. The summed E-state index contributed by atoms with van der Waals surface area (Å²) in [5.41, 5.74) is 5.97. The van der Waals surface area contributed by atoms with E-state index in [2.05, 4.69) is 11.6 Å². The van der Waals surface area contributed by atoms with Crippen molar-refractivity contribution in [1.29, 1.82) is 0 Å². The topological polar surface area (TPSA) is 72.2 Å². The lowest BCUT2D eigenvalue weighted by atomic mass is 10.1. The SMILES string of the molecule is CC(CNS(=O)(=O)c1ccc(C(N)=S)c(Cl)c1)C1CC1. The summed E-state index contributed by atoms with van der Waals surface area (Å²) in [5.74, 6) is 1.01. The Kier molecular flexibility index (Phi) is 4.69. The van der Waals surface area contributed by atoms with E-state index in [1.165, 1.54) is 31.0 Å². The van der Waals surface area contributed by atoms with Gasteiger partial charge in [0, 0.05) is 12.1 Å². The van der Waals surface area contributed by atoms with Crippen molar-refractivity contribution >= 4 is 38.8 Å². The van der Waals surface area contributed by atoms with Crippen LogP contribution in [0.2, 0.25) is 5.02 Å². The van der Waals surface area contributed by atoms with E-state index in [1.807, 2.05) is 0 Å². The molecule has 1 aliphatic rings. The summed E-state index contributed by atoms with van der Waals surface area (Å²) in [6.45, 7) is 2.50. The van der Waals surface area contributed by atoms with Crippen LogP contribution in [-0.4, -0.2) is 20.0 Å². The molecule has 7 heteroatoms. The van der Waals surface area contributed by atoms with Crippen molar-refractivity contribution < 1.29 is 8.42 Å². The third kappa shape index (κ3) is 3.69. The fourth-order valence-electron chi connectivity index (χ4n) is 2.02. The van der Waals surface area contributed by atoms with Gasteiger partial charge in [-0.15, -0.1) is 0 Å². The lowest BCUT2D eigenvalue weighted by Gasteiger charge is -2.12. The first-order valence-electron chi connectivity index (χ1n) is 6.40. The van der Waals surface area contributed by atoms with Gasteiger partial charge in [0.15, 0.2) is 0 Å². The van der Waals surface area contributed by atoms with E-state index in [0.717, 1.165) is 0 Å². The minimum Gasteiger partial charge on any atom is -0.389 e. The Labute approximate surface area is 129 Å². The van der Waals surface area contributed by atoms with Gasteiger partial charge in [-0.25, -0.2) is 13.1 Å². The minimum atomic E-state index is -3.54. The van der Waals surface area contributed by atoms with Crippen molar-refractivity contribution in [1.82, 2.24) is 4.72 Å². The average Bonchev–Trinajstić information content (AvgIpc) is 3.19. The summed E-state index contributed by atoms with van der Waals surface area (Å²) in [4.78, 5) is 0.278. The molecule has 0 aromatic heterocycles. The molecule has 110 valence electrons. The lowest BCUT2D eigenvalue weighted by Crippen LogP contribution is -2.29. The second-order valence-corrected chi connectivity index (χ2v) is 7.79. The summed E-state index contributed by atoms with van der Waals surface area (Å²) in [6.07, 6.45) is 2.38. The lowest BCUT2D eigenvalue weighted by molar-refractivity contribution is 0.492. The van der Waals surface area contributed by atoms with Gasteiger partial charge >= 0.3 is 0 Å². The van der Waals surface area contributed by atoms with Crippen LogP contribution in [0.1, 0.15) is 25.3 Å². The number of nitrogens with one attached hydrogen (secondary N) is 1. The minimum absolute atomic E-state index is 0.130. The van der Waals surface area contributed by atoms with Gasteiger partial charge in [0.2, 0.25) is 10.0 Å². The fourth-order valence-corrected chi connectivity index (χ4v) is 3.77. The molecule has 4 nitrogen and oxygen atoms in total. The van der Waals surface area contributed by atoms with Gasteiger partial charge in [-0.3, -0.25) is 0 Å². The van der Waals surface area contributed by atoms with Crippen LogP contribution >= 0.6 is 23.8 Å². The molecule has 0 radical (unpaired) electrons. The molecule has 0 bridgehead atoms. The summed E-state index contributed by atoms with van der Waals surface area (Å²) >= 11 is 10.8. The highest BCUT2D eigenvalue weighted by atomic mass is 35.5. The first kappa shape index (κ1) is 15.7. The zero-order valence-electron chi connectivity index (χ0n) is 11.1. The third-order valence-electron chi connectivity index (χ3n) is 3.54. The number of sulfonamides is 1. The number of hydrogen-bond donors (Lipinski definition) is 2. The highest BCUT2D eigenvalue weighted by Crippen LogP contribution is 2.36. The van der Waals surface area contributed by atoms with Gasteiger partial charge in [-0.1, -0.05) is 30.7 Å². The number of nitrogens with two attached hydrogens (primary N) is 1. The van der Waals surface area contributed by atoms with Crippen LogP contribution < -0.4 is 10.5 Å². The molecule has 3 N–H and O–H groups in total. The van der Waals surface area contributed by atoms with Crippen LogP contribution in [0.3, 0.4) is 0 Å². The molecule has 2 rings (SSSR count). The van der Waals surface area contributed by atoms with Gasteiger partial charge in [0.05, 0.1) is 9.92 Å². The molecule has 0 amide bonds. The maximum atomic E-state index is 12.2. The molecule has 1 aromatic carbocycles. The molecule has 20 heavy (non-hydrogen) atoms. The molecular formula is C13H17ClN2O2S2. The Morgan fingerprint density at radius 1 is 1.55 bits per heavy atom. The van der Waals surface area contributed by atoms with Gasteiger partial charge in [-0.2, -0.15) is 0 Å². The largest absolute Gasteiger partial charge is 0.389 e. The highest BCUT2D eigenvalue weighted by molar-refractivity contribution is 7.89. The molecule has 0 saturated heterocycles. The highest BCUT2D eigenvalue weighted by Gasteiger charge is 2.28. The Morgan fingerprint density at radius 3 is 2.70 bits per heavy atom. The fraction of sp³-hybridized carbons (Fsp3) is 0.462. The maximum absolute atomic E-state index is 12.2. The quantitative estimate of drug-likeness (QED) is 0.784. The Hall–Kier alpha value is -0.690. The second-order valence-electron chi connectivity index (χ2n) is 5.17. The summed E-state index contributed by atoms with van der Waals surface area (Å²) in [7, 11) is -3.54. The molecule has 0 aliphatic heterocycles. The zero-order valence-corrected chi connectivity index (χ0v) is 13.5. The molecule has 1 fully saturated rings. The monoisotopic (exact) mass is 332 g/mol. The maximum Gasteiger partial charge on any atom is 0.240 e. The predicted molar refractivity (Wildman–Crippen MR) is 84.4 cm³/mol. The summed E-state index contributed by atoms with van der Waals surface area (Å²) in [6, 6.07) is 4.37. The molecule has 1 aliphatic carbocycles. The van der Waals surface area contributed by atoms with E-state index in [-0.39, 0.29) is 14.9 Å². The number of thiocarbonyl (C=S) groups is 1. The molecule has 0 spiro atoms. The molecule has 1 aromatic rings. The standard InChI is InChI=1S/C13H17ClN2O2S2/c1-8(9-2-3-9)7-16-20(17,18)10-4-5-11(13(15)19)12(14)6-10/h4-6,8-9,16H,2-3,7H2,1H3,(H2,15,19). The van der Waals surface area contributed by atoms with E-state index >= 15 is 0 Å². The van der Waals surface area contributed by atoms with E-state index < -0.39 is 10.0 Å². The first-order chi connectivity index (χ1) is 9.31. The van der Waals surface area contributed by atoms with Crippen LogP contribution in [0.25, 0.3) is 0 Å². The average molecular weight is 333 g/mol. The van der Waals surface area contributed by atoms with Crippen molar-refractivity contribution in [3.05, 3.63) is 28.8 Å². The van der Waals surface area contributed by atoms with Gasteiger partial charge < -0.3 is 5.73 Å². The first-order valence-corrected chi connectivity index (χ1v) is 8.67. The molecule has 0 heterocycles. The van der Waals surface area contributed by atoms with E-state index in [4.69, 9.17) is 29.6 Å². The number of hydrogen-bond acceptors (Lipinski definition) is 3. The van der Waals surface area contributed by atoms with Crippen LogP contribution in [0.15, 0.2) is 23.1 Å². The van der Waals surface area contributed by atoms with E-state index in [1.54, 1.807) is 0 Å². The van der Waals surface area contributed by atoms with Crippen LogP contribution in [-0.2, 0) is 10.0 Å². The predicted octanol–water partition coefficient (Wildman–Crippen LogP) is 2.30. The van der Waals surface area contributed by atoms with Crippen molar-refractivity contribution in [3.8, 4) is 0 Å². The van der Waals surface area contributed by atoms with Crippen molar-refractivity contribution in [2.75, 3.05) is 6.54 Å². The van der Waals surface area contributed by atoms with Gasteiger partial charge in [-0.05, 0) is 42.9 Å². The van der Waals surface area contributed by atoms with E-state index in [9.17, 15) is 8.42 Å². The van der Waals surface area contributed by atoms with Crippen molar-refractivity contribution in [3.63, 3.8) is 0 Å². The molecule has 1 saturated carbocycles. The Morgan fingerprint density at radius 2 is 2.20 bits per heavy atom. The third-order valence-corrected chi connectivity index (χ3v) is 5.49. The van der Waals surface area contributed by atoms with E-state index in [0.29, 0.717) is 23.9 Å². The van der Waals surface area contributed by atoms with Crippen molar-refractivity contribution in [2.45, 2.75) is 24.7 Å². The van der Waals surface area contributed by atoms with Crippen LogP contribution in [0.5, 0.6) is 0 Å². The molecular weight excluding hydrogens is 316 g/mol. The number of benzene rings is 1. The molecule has 1 unspecified atom stereocenters. The number of halogens is 1. The Bertz CT molecular complexity index is 627. The molecule has 1 atom stereocenters. The zero-order chi connectivity index (χ0) is 14.9. The Balaban J connectivity index is 2.12. The van der Waals surface area contributed by atoms with Crippen LogP contribution in [0, 0.1) is 11.8 Å². The normalized spacial score (nSPS) is 16.9.